The van der Waals surface area contributed by atoms with Crippen LogP contribution in [-0.2, 0) is 10.0 Å². The zero-order valence-corrected chi connectivity index (χ0v) is 15.6. The predicted octanol–water partition coefficient (Wildman–Crippen LogP) is 3.68. The minimum Gasteiger partial charge on any atom is -0.322 e. The van der Waals surface area contributed by atoms with Crippen LogP contribution in [0.25, 0.3) is 10.2 Å². The normalized spacial score (nSPS) is 11.4. The van der Waals surface area contributed by atoms with E-state index in [1.54, 1.807) is 42.5 Å². The number of aromatic nitrogens is 1. The fourth-order valence-corrected chi connectivity index (χ4v) is 4.01. The van der Waals surface area contributed by atoms with Gasteiger partial charge in [0.1, 0.15) is 0 Å². The molecule has 24 heavy (non-hydrogen) atoms. The number of hydrogen-bond donors (Lipinski definition) is 2. The lowest BCUT2D eigenvalue weighted by Crippen LogP contribution is -2.11. The van der Waals surface area contributed by atoms with E-state index in [0.717, 1.165) is 15.4 Å². The van der Waals surface area contributed by atoms with Gasteiger partial charge in [-0.05, 0) is 42.5 Å². The number of sulfonamides is 1. The van der Waals surface area contributed by atoms with Gasteiger partial charge in [-0.3, -0.25) is 9.52 Å². The molecule has 0 aliphatic rings. The van der Waals surface area contributed by atoms with Crippen LogP contribution < -0.4 is 10.0 Å². The standard InChI is InChI=1S/C15H12BrN3O3S2/c1-24(21,22)19-15-18-12-7-6-11(8-13(12)23-15)17-14(20)9-2-4-10(16)5-3-9/h2-8H,1H3,(H,17,20)(H,18,19). The molecule has 1 aromatic heterocycles. The fourth-order valence-electron chi connectivity index (χ4n) is 2.01. The molecule has 0 aliphatic heterocycles. The lowest BCUT2D eigenvalue weighted by molar-refractivity contribution is 0.102. The number of amides is 1. The molecule has 0 saturated carbocycles. The van der Waals surface area contributed by atoms with Crippen LogP contribution in [0.4, 0.5) is 10.8 Å². The molecule has 0 unspecified atom stereocenters. The molecule has 0 aliphatic carbocycles. The van der Waals surface area contributed by atoms with Crippen LogP contribution in [0.15, 0.2) is 46.9 Å². The lowest BCUT2D eigenvalue weighted by atomic mass is 10.2. The van der Waals surface area contributed by atoms with Gasteiger partial charge >= 0.3 is 0 Å². The first-order valence-corrected chi connectivity index (χ1v) is 10.3. The average Bonchev–Trinajstić information content (AvgIpc) is 2.87. The molecule has 0 fully saturated rings. The van der Waals surface area contributed by atoms with Crippen molar-refractivity contribution in [3.8, 4) is 0 Å². The maximum atomic E-state index is 12.2. The number of carbonyl (C=O) groups excluding carboxylic acids is 1. The molecule has 3 aromatic rings. The first-order chi connectivity index (χ1) is 11.3. The minimum atomic E-state index is -3.37. The van der Waals surface area contributed by atoms with Crippen LogP contribution >= 0.6 is 27.3 Å². The van der Waals surface area contributed by atoms with E-state index < -0.39 is 10.0 Å². The lowest BCUT2D eigenvalue weighted by Gasteiger charge is -2.05. The van der Waals surface area contributed by atoms with Crippen LogP contribution in [0, 0.1) is 0 Å². The molecule has 3 rings (SSSR count). The Bertz CT molecular complexity index is 1010. The van der Waals surface area contributed by atoms with Gasteiger partial charge in [0.25, 0.3) is 5.91 Å². The van der Waals surface area contributed by atoms with E-state index in [1.807, 2.05) is 0 Å². The Morgan fingerprint density at radius 3 is 2.54 bits per heavy atom. The Hall–Kier alpha value is -1.97. The molecule has 1 amide bonds. The average molecular weight is 426 g/mol. The van der Waals surface area contributed by atoms with E-state index in [2.05, 4.69) is 31.0 Å². The Morgan fingerprint density at radius 2 is 1.88 bits per heavy atom. The number of rotatable bonds is 4. The Kier molecular flexibility index (Phi) is 4.57. The summed E-state index contributed by atoms with van der Waals surface area (Å²) in [5, 5.41) is 3.11. The van der Waals surface area contributed by atoms with Gasteiger partial charge < -0.3 is 5.32 Å². The van der Waals surface area contributed by atoms with Gasteiger partial charge in [0.2, 0.25) is 10.0 Å². The van der Waals surface area contributed by atoms with E-state index in [-0.39, 0.29) is 5.91 Å². The molecule has 0 atom stereocenters. The third kappa shape index (κ3) is 4.11. The van der Waals surface area contributed by atoms with E-state index in [9.17, 15) is 13.2 Å². The summed E-state index contributed by atoms with van der Waals surface area (Å²) in [6.45, 7) is 0. The number of hydrogen-bond acceptors (Lipinski definition) is 5. The summed E-state index contributed by atoms with van der Waals surface area (Å²) >= 11 is 4.53. The molecule has 2 N–H and O–H groups in total. The molecule has 0 spiro atoms. The van der Waals surface area contributed by atoms with Gasteiger partial charge in [0.05, 0.1) is 16.5 Å². The van der Waals surface area contributed by atoms with Crippen molar-refractivity contribution in [2.24, 2.45) is 0 Å². The van der Waals surface area contributed by atoms with Crippen LogP contribution in [-0.4, -0.2) is 25.6 Å². The quantitative estimate of drug-likeness (QED) is 0.666. The Balaban J connectivity index is 1.82. The summed E-state index contributed by atoms with van der Waals surface area (Å²) in [6, 6.07) is 12.3. The Labute approximate surface area is 151 Å². The first kappa shape index (κ1) is 16.9. The van der Waals surface area contributed by atoms with Crippen molar-refractivity contribution >= 4 is 64.2 Å². The smallest absolute Gasteiger partial charge is 0.255 e. The Morgan fingerprint density at radius 1 is 1.17 bits per heavy atom. The monoisotopic (exact) mass is 425 g/mol. The summed E-state index contributed by atoms with van der Waals surface area (Å²) in [7, 11) is -3.37. The highest BCUT2D eigenvalue weighted by Crippen LogP contribution is 2.29. The van der Waals surface area contributed by atoms with Crippen LogP contribution in [0.1, 0.15) is 10.4 Å². The topological polar surface area (TPSA) is 88.2 Å². The van der Waals surface area contributed by atoms with Crippen molar-refractivity contribution in [3.63, 3.8) is 0 Å². The van der Waals surface area contributed by atoms with Crippen LogP contribution in [0.5, 0.6) is 0 Å². The molecular formula is C15H12BrN3O3S2. The van der Waals surface area contributed by atoms with Crippen molar-refractivity contribution in [2.75, 3.05) is 16.3 Å². The third-order valence-electron chi connectivity index (χ3n) is 3.03. The van der Waals surface area contributed by atoms with Crippen molar-refractivity contribution in [2.45, 2.75) is 0 Å². The second-order valence-electron chi connectivity index (χ2n) is 5.04. The SMILES string of the molecule is CS(=O)(=O)Nc1nc2ccc(NC(=O)c3ccc(Br)cc3)cc2s1. The maximum Gasteiger partial charge on any atom is 0.255 e. The summed E-state index contributed by atoms with van der Waals surface area (Å²) in [5.41, 5.74) is 1.82. The van der Waals surface area contributed by atoms with Crippen molar-refractivity contribution < 1.29 is 13.2 Å². The second kappa shape index (κ2) is 6.50. The number of anilines is 2. The summed E-state index contributed by atoms with van der Waals surface area (Å²) in [5.74, 6) is -0.221. The fraction of sp³-hybridized carbons (Fsp3) is 0.0667. The third-order valence-corrected chi connectivity index (χ3v) is 5.18. The maximum absolute atomic E-state index is 12.2. The zero-order valence-electron chi connectivity index (χ0n) is 12.4. The van der Waals surface area contributed by atoms with E-state index in [0.29, 0.717) is 21.9 Å². The highest BCUT2D eigenvalue weighted by Gasteiger charge is 2.10. The summed E-state index contributed by atoms with van der Waals surface area (Å²) < 4.78 is 26.6. The van der Waals surface area contributed by atoms with Crippen LogP contribution in [0.3, 0.4) is 0 Å². The van der Waals surface area contributed by atoms with Crippen molar-refractivity contribution in [1.29, 1.82) is 0 Å². The van der Waals surface area contributed by atoms with Crippen LogP contribution in [0.2, 0.25) is 0 Å². The predicted molar refractivity (Wildman–Crippen MR) is 100 cm³/mol. The minimum absolute atomic E-state index is 0.221. The molecule has 124 valence electrons. The summed E-state index contributed by atoms with van der Waals surface area (Å²) in [4.78, 5) is 16.4. The molecule has 6 nitrogen and oxygen atoms in total. The number of fused-ring (bicyclic) bond motifs is 1. The number of nitrogens with one attached hydrogen (secondary N) is 2. The number of halogens is 1. The second-order valence-corrected chi connectivity index (χ2v) is 8.73. The molecule has 0 radical (unpaired) electrons. The molecule has 9 heteroatoms. The molecule has 2 aromatic carbocycles. The largest absolute Gasteiger partial charge is 0.322 e. The van der Waals surface area contributed by atoms with E-state index in [4.69, 9.17) is 0 Å². The van der Waals surface area contributed by atoms with E-state index in [1.165, 1.54) is 11.3 Å². The number of nitrogens with zero attached hydrogens (tertiary/aromatic N) is 1. The van der Waals surface area contributed by atoms with E-state index >= 15 is 0 Å². The first-order valence-electron chi connectivity index (χ1n) is 6.75. The van der Waals surface area contributed by atoms with Gasteiger partial charge in [-0.1, -0.05) is 27.3 Å². The van der Waals surface area contributed by atoms with Crippen molar-refractivity contribution in [1.82, 2.24) is 4.98 Å². The van der Waals surface area contributed by atoms with Gasteiger partial charge in [-0.15, -0.1) is 0 Å². The highest BCUT2D eigenvalue weighted by molar-refractivity contribution is 9.10. The van der Waals surface area contributed by atoms with Gasteiger partial charge in [0, 0.05) is 15.7 Å². The zero-order chi connectivity index (χ0) is 17.3. The number of carbonyl (C=O) groups is 1. The summed E-state index contributed by atoms with van der Waals surface area (Å²) in [6.07, 6.45) is 1.07. The number of benzene rings is 2. The van der Waals surface area contributed by atoms with Crippen molar-refractivity contribution in [3.05, 3.63) is 52.5 Å². The van der Waals surface area contributed by atoms with Gasteiger partial charge in [0.15, 0.2) is 5.13 Å². The number of thiazole rings is 1. The highest BCUT2D eigenvalue weighted by atomic mass is 79.9. The molecule has 1 heterocycles. The molecule has 0 saturated heterocycles. The van der Waals surface area contributed by atoms with Gasteiger partial charge in [-0.25, -0.2) is 13.4 Å². The van der Waals surface area contributed by atoms with Gasteiger partial charge in [-0.2, -0.15) is 0 Å². The molecule has 0 bridgehead atoms. The molecular weight excluding hydrogens is 414 g/mol.